The van der Waals surface area contributed by atoms with E-state index in [1.54, 1.807) is 0 Å². The van der Waals surface area contributed by atoms with Crippen molar-refractivity contribution in [3.63, 3.8) is 0 Å². The molecule has 19 heavy (non-hydrogen) atoms. The Hall–Kier alpha value is -1.45. The fourth-order valence-electron chi connectivity index (χ4n) is 1.22. The Balaban J connectivity index is 2.97. The van der Waals surface area contributed by atoms with Crippen molar-refractivity contribution in [2.45, 2.75) is 17.4 Å². The molecule has 0 heterocycles. The number of carboxylic acids is 2. The van der Waals surface area contributed by atoms with Crippen LogP contribution in [0.3, 0.4) is 0 Å². The molecule has 1 atom stereocenters. The molecule has 0 amide bonds. The molecule has 104 valence electrons. The van der Waals surface area contributed by atoms with Crippen molar-refractivity contribution in [1.29, 1.82) is 0 Å². The zero-order chi connectivity index (χ0) is 14.6. The van der Waals surface area contributed by atoms with Crippen LogP contribution in [0, 0.1) is 0 Å². The van der Waals surface area contributed by atoms with Gasteiger partial charge in [0.15, 0.2) is 0 Å². The maximum Gasteiger partial charge on any atom is 0.322 e. The average molecular weight is 352 g/mol. The van der Waals surface area contributed by atoms with Crippen LogP contribution in [-0.4, -0.2) is 36.6 Å². The van der Waals surface area contributed by atoms with Crippen LogP contribution in [0.1, 0.15) is 6.42 Å². The smallest absolute Gasteiger partial charge is 0.322 e. The van der Waals surface area contributed by atoms with Gasteiger partial charge in [-0.25, -0.2) is 8.42 Å². The summed E-state index contributed by atoms with van der Waals surface area (Å²) in [6.45, 7) is 0. The van der Waals surface area contributed by atoms with Crippen molar-refractivity contribution in [2.75, 3.05) is 0 Å². The summed E-state index contributed by atoms with van der Waals surface area (Å²) in [5, 5.41) is 17.3. The lowest BCUT2D eigenvalue weighted by molar-refractivity contribution is -0.145. The predicted molar refractivity (Wildman–Crippen MR) is 68.1 cm³/mol. The minimum absolute atomic E-state index is 0.146. The number of hydrogen-bond donors (Lipinski definition) is 3. The molecule has 9 heteroatoms. The van der Waals surface area contributed by atoms with Gasteiger partial charge in [0, 0.05) is 4.47 Å². The molecule has 1 unspecified atom stereocenters. The molecule has 0 spiro atoms. The monoisotopic (exact) mass is 351 g/mol. The summed E-state index contributed by atoms with van der Waals surface area (Å²) in [4.78, 5) is 21.1. The third kappa shape index (κ3) is 4.62. The van der Waals surface area contributed by atoms with E-state index in [4.69, 9.17) is 10.2 Å². The first kappa shape index (κ1) is 15.6. The lowest BCUT2D eigenvalue weighted by atomic mass is 10.2. The number of sulfonamides is 1. The highest BCUT2D eigenvalue weighted by molar-refractivity contribution is 9.10. The topological polar surface area (TPSA) is 121 Å². The molecule has 0 aliphatic rings. The molecule has 0 radical (unpaired) electrons. The largest absolute Gasteiger partial charge is 0.481 e. The molecule has 3 N–H and O–H groups in total. The predicted octanol–water partition coefficient (Wildman–Crippen LogP) is 0.655. The van der Waals surface area contributed by atoms with Crippen LogP contribution in [0.25, 0.3) is 0 Å². The van der Waals surface area contributed by atoms with Gasteiger partial charge in [0.05, 0.1) is 11.3 Å². The van der Waals surface area contributed by atoms with Crippen molar-refractivity contribution in [3.8, 4) is 0 Å². The summed E-state index contributed by atoms with van der Waals surface area (Å²) in [5.74, 6) is -2.96. The molecule has 7 nitrogen and oxygen atoms in total. The van der Waals surface area contributed by atoms with E-state index in [9.17, 15) is 18.0 Å². The Bertz CT molecular complexity index is 583. The second-order valence-electron chi connectivity index (χ2n) is 3.56. The standard InChI is InChI=1S/C10H10BrNO6S/c11-6-1-3-7(4-2-6)19(17,18)12-8(10(15)16)5-9(13)14/h1-4,8,12H,5H2,(H,13,14)(H,15,16). The Kier molecular flexibility index (Phi) is 5.04. The van der Waals surface area contributed by atoms with Crippen LogP contribution < -0.4 is 4.72 Å². The molecule has 0 fully saturated rings. The van der Waals surface area contributed by atoms with E-state index in [1.165, 1.54) is 24.3 Å². The van der Waals surface area contributed by atoms with Crippen LogP contribution in [-0.2, 0) is 19.6 Å². The molecular formula is C10H10BrNO6S. The normalized spacial score (nSPS) is 12.9. The van der Waals surface area contributed by atoms with Gasteiger partial charge in [0.25, 0.3) is 0 Å². The first-order valence-electron chi connectivity index (χ1n) is 4.95. The van der Waals surface area contributed by atoms with Crippen LogP contribution in [0.5, 0.6) is 0 Å². The number of aliphatic carboxylic acids is 2. The molecule has 1 rings (SSSR count). The minimum Gasteiger partial charge on any atom is -0.481 e. The van der Waals surface area contributed by atoms with Crippen molar-refractivity contribution in [1.82, 2.24) is 4.72 Å². The third-order valence-electron chi connectivity index (χ3n) is 2.10. The number of halogens is 1. The Morgan fingerprint density at radius 2 is 1.74 bits per heavy atom. The quantitative estimate of drug-likeness (QED) is 0.692. The molecule has 0 saturated heterocycles. The summed E-state index contributed by atoms with van der Waals surface area (Å²) >= 11 is 3.13. The number of rotatable bonds is 6. The van der Waals surface area contributed by atoms with Crippen LogP contribution >= 0.6 is 15.9 Å². The van der Waals surface area contributed by atoms with Gasteiger partial charge in [0.2, 0.25) is 10.0 Å². The molecule has 0 saturated carbocycles. The SMILES string of the molecule is O=C(O)CC(NS(=O)(=O)c1ccc(Br)cc1)C(=O)O. The summed E-state index contributed by atoms with van der Waals surface area (Å²) < 4.78 is 26.2. The van der Waals surface area contributed by atoms with Crippen LogP contribution in [0.4, 0.5) is 0 Å². The maximum atomic E-state index is 11.9. The zero-order valence-corrected chi connectivity index (χ0v) is 11.8. The number of nitrogens with one attached hydrogen (secondary N) is 1. The van der Waals surface area contributed by atoms with E-state index in [0.717, 1.165) is 0 Å². The first-order valence-corrected chi connectivity index (χ1v) is 7.22. The molecule has 0 aliphatic heterocycles. The highest BCUT2D eigenvalue weighted by atomic mass is 79.9. The number of carbonyl (C=O) groups is 2. The van der Waals surface area contributed by atoms with Crippen LogP contribution in [0.15, 0.2) is 33.6 Å². The minimum atomic E-state index is -4.08. The summed E-state index contributed by atoms with van der Waals surface area (Å²) in [6.07, 6.45) is -0.842. The summed E-state index contributed by atoms with van der Waals surface area (Å²) in [6, 6.07) is 3.77. The van der Waals surface area contributed by atoms with Gasteiger partial charge in [0.1, 0.15) is 6.04 Å². The van der Waals surface area contributed by atoms with Gasteiger partial charge < -0.3 is 10.2 Å². The second kappa shape index (κ2) is 6.13. The van der Waals surface area contributed by atoms with Gasteiger partial charge >= 0.3 is 11.9 Å². The van der Waals surface area contributed by atoms with Crippen molar-refractivity contribution >= 4 is 37.9 Å². The maximum absolute atomic E-state index is 11.9. The highest BCUT2D eigenvalue weighted by Gasteiger charge is 2.27. The third-order valence-corrected chi connectivity index (χ3v) is 4.11. The lowest BCUT2D eigenvalue weighted by Crippen LogP contribution is -2.42. The highest BCUT2D eigenvalue weighted by Crippen LogP contribution is 2.15. The van der Waals surface area contributed by atoms with E-state index in [1.807, 2.05) is 4.72 Å². The van der Waals surface area contributed by atoms with Gasteiger partial charge in [-0.2, -0.15) is 4.72 Å². The van der Waals surface area contributed by atoms with Gasteiger partial charge in [-0.05, 0) is 24.3 Å². The lowest BCUT2D eigenvalue weighted by Gasteiger charge is -2.12. The molecule has 1 aromatic carbocycles. The van der Waals surface area contributed by atoms with Crippen LogP contribution in [0.2, 0.25) is 0 Å². The fourth-order valence-corrected chi connectivity index (χ4v) is 2.68. The zero-order valence-electron chi connectivity index (χ0n) is 9.41. The Morgan fingerprint density at radius 1 is 1.21 bits per heavy atom. The summed E-state index contributed by atoms with van der Waals surface area (Å²) in [7, 11) is -4.08. The first-order chi connectivity index (χ1) is 8.72. The Labute approximate surface area is 117 Å². The fraction of sp³-hybridized carbons (Fsp3) is 0.200. The number of carboxylic acid groups (broad SMARTS) is 2. The molecule has 0 aliphatic carbocycles. The van der Waals surface area contributed by atoms with Crippen molar-refractivity contribution < 1.29 is 28.2 Å². The molecular weight excluding hydrogens is 342 g/mol. The summed E-state index contributed by atoms with van der Waals surface area (Å²) in [5.41, 5.74) is 0. The molecule has 1 aromatic rings. The van der Waals surface area contributed by atoms with Gasteiger partial charge in [-0.15, -0.1) is 0 Å². The molecule has 0 bridgehead atoms. The van der Waals surface area contributed by atoms with E-state index < -0.39 is 34.4 Å². The van der Waals surface area contributed by atoms with Gasteiger partial charge in [-0.3, -0.25) is 9.59 Å². The average Bonchev–Trinajstić information content (AvgIpc) is 2.27. The van der Waals surface area contributed by atoms with Crippen molar-refractivity contribution in [2.24, 2.45) is 0 Å². The number of hydrogen-bond acceptors (Lipinski definition) is 4. The second-order valence-corrected chi connectivity index (χ2v) is 6.19. The van der Waals surface area contributed by atoms with Gasteiger partial charge in [-0.1, -0.05) is 15.9 Å². The van der Waals surface area contributed by atoms with E-state index in [2.05, 4.69) is 15.9 Å². The van der Waals surface area contributed by atoms with E-state index in [-0.39, 0.29) is 4.90 Å². The Morgan fingerprint density at radius 3 is 2.16 bits per heavy atom. The van der Waals surface area contributed by atoms with E-state index in [0.29, 0.717) is 4.47 Å². The number of benzene rings is 1. The van der Waals surface area contributed by atoms with E-state index >= 15 is 0 Å². The van der Waals surface area contributed by atoms with Crippen molar-refractivity contribution in [3.05, 3.63) is 28.7 Å². The molecule has 0 aromatic heterocycles.